The molecular formula is C23H20N2O4. The minimum absolute atomic E-state index is 0.194. The second-order valence-corrected chi connectivity index (χ2v) is 6.59. The van der Waals surface area contributed by atoms with Crippen LogP contribution in [0, 0.1) is 0 Å². The molecule has 0 atom stereocenters. The second kappa shape index (κ2) is 8.06. The van der Waals surface area contributed by atoms with Crippen molar-refractivity contribution in [1.82, 2.24) is 0 Å². The molecule has 0 unspecified atom stereocenters. The number of rotatable bonds is 5. The fraction of sp³-hybridized carbons (Fsp3) is 0.130. The summed E-state index contributed by atoms with van der Waals surface area (Å²) >= 11 is 0. The van der Waals surface area contributed by atoms with E-state index < -0.39 is 5.97 Å². The van der Waals surface area contributed by atoms with Crippen molar-refractivity contribution >= 4 is 28.9 Å². The van der Waals surface area contributed by atoms with E-state index in [9.17, 15) is 9.59 Å². The number of carbonyl (C=O) groups is 2. The van der Waals surface area contributed by atoms with Crippen LogP contribution in [0.5, 0.6) is 5.75 Å². The fourth-order valence-electron chi connectivity index (χ4n) is 3.20. The molecule has 0 saturated carbocycles. The first kappa shape index (κ1) is 18.6. The van der Waals surface area contributed by atoms with Gasteiger partial charge in [0.05, 0.1) is 29.7 Å². The molecule has 1 N–H and O–H groups in total. The van der Waals surface area contributed by atoms with Gasteiger partial charge in [-0.2, -0.15) is 0 Å². The van der Waals surface area contributed by atoms with Gasteiger partial charge in [-0.25, -0.2) is 0 Å². The van der Waals surface area contributed by atoms with Crippen LogP contribution in [0.3, 0.4) is 0 Å². The fourth-order valence-corrected chi connectivity index (χ4v) is 3.20. The lowest BCUT2D eigenvalue weighted by Crippen LogP contribution is -2.35. The van der Waals surface area contributed by atoms with Crippen LogP contribution in [-0.4, -0.2) is 25.5 Å². The largest absolute Gasteiger partial charge is 0.489 e. The average Bonchev–Trinajstić information content (AvgIpc) is 2.87. The molecule has 0 bridgehead atoms. The van der Waals surface area contributed by atoms with Gasteiger partial charge in [0.1, 0.15) is 18.9 Å². The first-order valence-corrected chi connectivity index (χ1v) is 9.21. The Bertz CT molecular complexity index is 1050. The van der Waals surface area contributed by atoms with E-state index in [0.29, 0.717) is 35.0 Å². The number of hydrogen-bond donors (Lipinski definition) is 1. The number of carbonyl (C=O) groups excluding carboxylic acids is 2. The summed E-state index contributed by atoms with van der Waals surface area (Å²) in [6.45, 7) is 0.207. The number of nitrogens with zero attached hydrogens (tertiary/aromatic N) is 1. The van der Waals surface area contributed by atoms with Crippen molar-refractivity contribution in [2.24, 2.45) is 0 Å². The van der Waals surface area contributed by atoms with Crippen LogP contribution in [0.25, 0.3) is 0 Å². The second-order valence-electron chi connectivity index (χ2n) is 6.59. The maximum Gasteiger partial charge on any atom is 0.325 e. The predicted molar refractivity (Wildman–Crippen MR) is 111 cm³/mol. The number of benzene rings is 3. The molecule has 29 heavy (non-hydrogen) atoms. The highest BCUT2D eigenvalue weighted by molar-refractivity contribution is 6.15. The summed E-state index contributed by atoms with van der Waals surface area (Å²) < 4.78 is 10.7. The Balaban J connectivity index is 1.69. The number of amides is 1. The van der Waals surface area contributed by atoms with Crippen molar-refractivity contribution in [3.8, 4) is 5.75 Å². The molecule has 0 aromatic heterocycles. The van der Waals surface area contributed by atoms with Crippen molar-refractivity contribution < 1.29 is 19.1 Å². The van der Waals surface area contributed by atoms with E-state index in [1.54, 1.807) is 18.2 Å². The van der Waals surface area contributed by atoms with Crippen LogP contribution in [0.15, 0.2) is 72.8 Å². The molecule has 0 saturated heterocycles. The zero-order valence-corrected chi connectivity index (χ0v) is 15.9. The number of para-hydroxylation sites is 1. The molecule has 0 radical (unpaired) electrons. The minimum atomic E-state index is -0.501. The number of hydrogen-bond acceptors (Lipinski definition) is 5. The van der Waals surface area contributed by atoms with Crippen molar-refractivity contribution in [3.05, 3.63) is 83.9 Å². The van der Waals surface area contributed by atoms with E-state index in [1.807, 2.05) is 54.6 Å². The molecule has 1 amide bonds. The molecule has 6 heteroatoms. The Labute approximate surface area is 168 Å². The van der Waals surface area contributed by atoms with E-state index in [-0.39, 0.29) is 12.5 Å². The molecule has 3 aromatic carbocycles. The van der Waals surface area contributed by atoms with E-state index >= 15 is 0 Å². The summed E-state index contributed by atoms with van der Waals surface area (Å²) in [7, 11) is 1.30. The average molecular weight is 388 g/mol. The van der Waals surface area contributed by atoms with E-state index in [2.05, 4.69) is 5.32 Å². The van der Waals surface area contributed by atoms with Crippen LogP contribution in [0.2, 0.25) is 0 Å². The molecule has 1 heterocycles. The Kier molecular flexibility index (Phi) is 5.16. The predicted octanol–water partition coefficient (Wildman–Crippen LogP) is 4.14. The van der Waals surface area contributed by atoms with Gasteiger partial charge in [-0.3, -0.25) is 14.5 Å². The van der Waals surface area contributed by atoms with E-state index in [1.165, 1.54) is 12.0 Å². The maximum atomic E-state index is 13.2. The first-order chi connectivity index (χ1) is 14.2. The Morgan fingerprint density at radius 2 is 1.72 bits per heavy atom. The van der Waals surface area contributed by atoms with Gasteiger partial charge in [0.15, 0.2) is 0 Å². The van der Waals surface area contributed by atoms with E-state index in [4.69, 9.17) is 9.47 Å². The number of nitrogens with one attached hydrogen (secondary N) is 1. The molecular weight excluding hydrogens is 368 g/mol. The molecule has 3 aromatic rings. The number of anilines is 3. The smallest absolute Gasteiger partial charge is 0.325 e. The van der Waals surface area contributed by atoms with Crippen molar-refractivity contribution in [2.45, 2.75) is 6.61 Å². The van der Waals surface area contributed by atoms with Gasteiger partial charge in [0, 0.05) is 6.07 Å². The molecule has 146 valence electrons. The molecule has 1 aliphatic heterocycles. The van der Waals surface area contributed by atoms with Gasteiger partial charge in [-0.15, -0.1) is 0 Å². The molecule has 0 fully saturated rings. The number of methoxy groups -OCH3 is 1. The molecule has 4 rings (SSSR count). The van der Waals surface area contributed by atoms with Crippen LogP contribution < -0.4 is 15.0 Å². The van der Waals surface area contributed by atoms with Crippen molar-refractivity contribution in [2.75, 3.05) is 23.9 Å². The Hall–Kier alpha value is -3.80. The van der Waals surface area contributed by atoms with Gasteiger partial charge in [-0.05, 0) is 29.8 Å². The van der Waals surface area contributed by atoms with E-state index in [0.717, 1.165) is 5.56 Å². The lowest BCUT2D eigenvalue weighted by molar-refractivity contribution is -0.138. The standard InChI is InChI=1S/C23H20N2O4/c1-28-22(26)14-25-21-13-17(29-15-16-7-3-2-4-8-16)11-12-20(21)24-19-10-6-5-9-18(19)23(25)27/h2-13,24H,14-15H2,1H3. The van der Waals surface area contributed by atoms with Gasteiger partial charge in [0.2, 0.25) is 0 Å². The van der Waals surface area contributed by atoms with Gasteiger partial charge >= 0.3 is 5.97 Å². The van der Waals surface area contributed by atoms with Crippen molar-refractivity contribution in [1.29, 1.82) is 0 Å². The van der Waals surface area contributed by atoms with Gasteiger partial charge < -0.3 is 14.8 Å². The Morgan fingerprint density at radius 3 is 2.52 bits per heavy atom. The van der Waals surface area contributed by atoms with Gasteiger partial charge in [0.25, 0.3) is 5.91 Å². The number of esters is 1. The molecule has 0 spiro atoms. The molecule has 6 nitrogen and oxygen atoms in total. The SMILES string of the molecule is COC(=O)CN1C(=O)c2ccccc2Nc2ccc(OCc3ccccc3)cc21. The third-order valence-electron chi connectivity index (χ3n) is 4.70. The lowest BCUT2D eigenvalue weighted by Gasteiger charge is -2.22. The summed E-state index contributed by atoms with van der Waals surface area (Å²) in [5.74, 6) is -0.181. The van der Waals surface area contributed by atoms with Crippen LogP contribution >= 0.6 is 0 Å². The topological polar surface area (TPSA) is 67.9 Å². The highest BCUT2D eigenvalue weighted by Gasteiger charge is 2.28. The minimum Gasteiger partial charge on any atom is -0.489 e. The van der Waals surface area contributed by atoms with Crippen LogP contribution in [0.1, 0.15) is 15.9 Å². The number of fused-ring (bicyclic) bond motifs is 2. The first-order valence-electron chi connectivity index (χ1n) is 9.21. The normalized spacial score (nSPS) is 12.3. The van der Waals surface area contributed by atoms with Gasteiger partial charge in [-0.1, -0.05) is 42.5 Å². The maximum absolute atomic E-state index is 13.2. The Morgan fingerprint density at radius 1 is 0.966 bits per heavy atom. The summed E-state index contributed by atoms with van der Waals surface area (Å²) in [5.41, 5.74) is 3.47. The third-order valence-corrected chi connectivity index (χ3v) is 4.70. The highest BCUT2D eigenvalue weighted by Crippen LogP contribution is 2.38. The van der Waals surface area contributed by atoms with Crippen LogP contribution in [0.4, 0.5) is 17.1 Å². The quantitative estimate of drug-likeness (QED) is 0.666. The van der Waals surface area contributed by atoms with Crippen LogP contribution in [-0.2, 0) is 16.1 Å². The summed E-state index contributed by atoms with van der Waals surface area (Å²) in [4.78, 5) is 26.6. The number of ether oxygens (including phenoxy) is 2. The summed E-state index contributed by atoms with van der Waals surface area (Å²) in [6.07, 6.45) is 0. The highest BCUT2D eigenvalue weighted by atomic mass is 16.5. The molecule has 0 aliphatic carbocycles. The summed E-state index contributed by atoms with van der Waals surface area (Å²) in [6, 6.07) is 22.5. The molecule has 1 aliphatic rings. The third kappa shape index (κ3) is 3.91. The lowest BCUT2D eigenvalue weighted by atomic mass is 10.1. The zero-order chi connectivity index (χ0) is 20.2. The monoisotopic (exact) mass is 388 g/mol. The summed E-state index contributed by atoms with van der Waals surface area (Å²) in [5, 5.41) is 3.29. The zero-order valence-electron chi connectivity index (χ0n) is 15.9. The van der Waals surface area contributed by atoms with Crippen molar-refractivity contribution in [3.63, 3.8) is 0 Å².